The minimum Gasteiger partial charge on any atom is -0.342 e. The van der Waals surface area contributed by atoms with E-state index >= 15 is 0 Å². The fourth-order valence-corrected chi connectivity index (χ4v) is 2.56. The van der Waals surface area contributed by atoms with Crippen molar-refractivity contribution in [3.8, 4) is 0 Å². The van der Waals surface area contributed by atoms with Crippen LogP contribution in [0.15, 0.2) is 12.4 Å². The maximum absolute atomic E-state index is 12.8. The average Bonchev–Trinajstić information content (AvgIpc) is 2.87. The molecule has 0 atom stereocenters. The molecule has 2 heterocycles. The Morgan fingerprint density at radius 3 is 2.45 bits per heavy atom. The molecule has 0 aliphatic carbocycles. The summed E-state index contributed by atoms with van der Waals surface area (Å²) in [7, 11) is 0. The van der Waals surface area contributed by atoms with E-state index in [4.69, 9.17) is 0 Å². The van der Waals surface area contributed by atoms with Gasteiger partial charge in [0, 0.05) is 37.4 Å². The van der Waals surface area contributed by atoms with Gasteiger partial charge in [0.25, 0.3) is 0 Å². The monoisotopic (exact) mass is 289 g/mol. The van der Waals surface area contributed by atoms with E-state index in [1.807, 2.05) is 13.8 Å². The predicted octanol–water partition coefficient (Wildman–Crippen LogP) is 2.72. The maximum Gasteiger partial charge on any atom is 0.449 e. The highest BCUT2D eigenvalue weighted by Crippen LogP contribution is 2.32. The molecule has 0 saturated carbocycles. The summed E-state index contributed by atoms with van der Waals surface area (Å²) < 4.78 is 39.6. The number of hydrogen-bond acceptors (Lipinski definition) is 2. The molecule has 1 amide bonds. The number of hydrogen-bond donors (Lipinski definition) is 0. The quantitative estimate of drug-likeness (QED) is 0.839. The van der Waals surface area contributed by atoms with Crippen LogP contribution in [-0.2, 0) is 11.0 Å². The normalized spacial score (nSPS) is 17.8. The van der Waals surface area contributed by atoms with Crippen molar-refractivity contribution >= 4 is 5.91 Å². The highest BCUT2D eigenvalue weighted by atomic mass is 19.4. The topological polar surface area (TPSA) is 38.1 Å². The van der Waals surface area contributed by atoms with Crippen molar-refractivity contribution < 1.29 is 18.0 Å². The Morgan fingerprint density at radius 2 is 1.95 bits per heavy atom. The largest absolute Gasteiger partial charge is 0.449 e. The van der Waals surface area contributed by atoms with Crippen LogP contribution < -0.4 is 0 Å². The van der Waals surface area contributed by atoms with E-state index in [9.17, 15) is 18.0 Å². The Kier molecular flexibility index (Phi) is 4.06. The summed E-state index contributed by atoms with van der Waals surface area (Å²) in [6, 6.07) is -0.245. The number of rotatable bonds is 2. The molecule has 1 saturated heterocycles. The molecule has 0 radical (unpaired) electrons. The lowest BCUT2D eigenvalue weighted by Gasteiger charge is -2.34. The summed E-state index contributed by atoms with van der Waals surface area (Å²) in [5.41, 5.74) is 0. The Morgan fingerprint density at radius 1 is 1.35 bits per heavy atom. The van der Waals surface area contributed by atoms with Crippen molar-refractivity contribution in [2.45, 2.75) is 38.9 Å². The molecular formula is C13H18F3N3O. The van der Waals surface area contributed by atoms with Crippen molar-refractivity contribution in [2.24, 2.45) is 5.92 Å². The first-order chi connectivity index (χ1) is 9.30. The highest BCUT2D eigenvalue weighted by molar-refractivity contribution is 5.78. The molecule has 7 heteroatoms. The molecule has 112 valence electrons. The zero-order valence-corrected chi connectivity index (χ0v) is 11.5. The van der Waals surface area contributed by atoms with E-state index in [1.54, 1.807) is 4.90 Å². The van der Waals surface area contributed by atoms with Crippen LogP contribution in [0.5, 0.6) is 0 Å². The van der Waals surface area contributed by atoms with E-state index in [2.05, 4.69) is 4.98 Å². The second kappa shape index (κ2) is 5.46. The molecule has 1 fully saturated rings. The molecule has 1 aromatic heterocycles. The van der Waals surface area contributed by atoms with E-state index in [1.165, 1.54) is 17.0 Å². The van der Waals surface area contributed by atoms with Crippen LogP contribution in [0.25, 0.3) is 0 Å². The zero-order valence-electron chi connectivity index (χ0n) is 11.5. The molecule has 0 unspecified atom stereocenters. The van der Waals surface area contributed by atoms with E-state index in [0.717, 1.165) is 0 Å². The summed E-state index contributed by atoms with van der Waals surface area (Å²) in [6.45, 7) is 4.65. The smallest absolute Gasteiger partial charge is 0.342 e. The summed E-state index contributed by atoms with van der Waals surface area (Å²) in [6.07, 6.45) is -0.841. The van der Waals surface area contributed by atoms with Crippen LogP contribution in [0, 0.1) is 5.92 Å². The van der Waals surface area contributed by atoms with Gasteiger partial charge < -0.3 is 9.47 Å². The number of amides is 1. The second-order valence-electron chi connectivity index (χ2n) is 5.37. The van der Waals surface area contributed by atoms with Crippen LogP contribution in [0.4, 0.5) is 13.2 Å². The molecule has 1 aliphatic heterocycles. The Balaban J connectivity index is 2.05. The van der Waals surface area contributed by atoms with E-state index in [-0.39, 0.29) is 17.9 Å². The number of likely N-dealkylation sites (tertiary alicyclic amines) is 1. The molecule has 1 aromatic rings. The first-order valence-corrected chi connectivity index (χ1v) is 6.69. The lowest BCUT2D eigenvalue weighted by molar-refractivity contribution is -0.149. The first kappa shape index (κ1) is 14.9. The van der Waals surface area contributed by atoms with Gasteiger partial charge in [0.05, 0.1) is 0 Å². The first-order valence-electron chi connectivity index (χ1n) is 6.69. The molecule has 0 spiro atoms. The second-order valence-corrected chi connectivity index (χ2v) is 5.37. The third-order valence-corrected chi connectivity index (χ3v) is 3.59. The lowest BCUT2D eigenvalue weighted by atomic mass is 10.0. The van der Waals surface area contributed by atoms with Gasteiger partial charge in [-0.05, 0) is 12.8 Å². The number of piperidine rings is 1. The summed E-state index contributed by atoms with van der Waals surface area (Å²) in [4.78, 5) is 17.0. The molecular weight excluding hydrogens is 271 g/mol. The fraction of sp³-hybridized carbons (Fsp3) is 0.692. The number of imidazole rings is 1. The van der Waals surface area contributed by atoms with Crippen LogP contribution in [0.3, 0.4) is 0 Å². The van der Waals surface area contributed by atoms with Crippen LogP contribution in [0.2, 0.25) is 0 Å². The summed E-state index contributed by atoms with van der Waals surface area (Å²) in [5, 5.41) is 0. The number of nitrogens with zero attached hydrogens (tertiary/aromatic N) is 3. The molecule has 2 rings (SSSR count). The van der Waals surface area contributed by atoms with Gasteiger partial charge in [-0.2, -0.15) is 13.2 Å². The van der Waals surface area contributed by atoms with Gasteiger partial charge in [0.15, 0.2) is 0 Å². The summed E-state index contributed by atoms with van der Waals surface area (Å²) in [5.74, 6) is -0.873. The Hall–Kier alpha value is -1.53. The minimum absolute atomic E-state index is 0.0603. The van der Waals surface area contributed by atoms with Gasteiger partial charge in [0.1, 0.15) is 0 Å². The SMILES string of the molecule is CC(C)C(=O)N1CCC(n2ccnc2C(F)(F)F)CC1. The molecule has 0 N–H and O–H groups in total. The van der Waals surface area contributed by atoms with Crippen molar-refractivity contribution in [2.75, 3.05) is 13.1 Å². The van der Waals surface area contributed by atoms with E-state index < -0.39 is 12.0 Å². The third-order valence-electron chi connectivity index (χ3n) is 3.59. The molecule has 4 nitrogen and oxygen atoms in total. The van der Waals surface area contributed by atoms with Crippen LogP contribution >= 0.6 is 0 Å². The van der Waals surface area contributed by atoms with Gasteiger partial charge >= 0.3 is 6.18 Å². The fourth-order valence-electron chi connectivity index (χ4n) is 2.56. The number of halogens is 3. The van der Waals surface area contributed by atoms with Gasteiger partial charge in [0.2, 0.25) is 11.7 Å². The van der Waals surface area contributed by atoms with Gasteiger partial charge in [-0.15, -0.1) is 0 Å². The maximum atomic E-state index is 12.8. The average molecular weight is 289 g/mol. The van der Waals surface area contributed by atoms with E-state index in [0.29, 0.717) is 25.9 Å². The third kappa shape index (κ3) is 2.96. The Labute approximate surface area is 115 Å². The van der Waals surface area contributed by atoms with Crippen LogP contribution in [-0.4, -0.2) is 33.4 Å². The van der Waals surface area contributed by atoms with Crippen molar-refractivity contribution in [1.29, 1.82) is 0 Å². The summed E-state index contributed by atoms with van der Waals surface area (Å²) >= 11 is 0. The molecule has 1 aliphatic rings. The predicted molar refractivity (Wildman–Crippen MR) is 66.9 cm³/mol. The van der Waals surface area contributed by atoms with Gasteiger partial charge in [-0.3, -0.25) is 4.79 Å². The van der Waals surface area contributed by atoms with Gasteiger partial charge in [-0.1, -0.05) is 13.8 Å². The lowest BCUT2D eigenvalue weighted by Crippen LogP contribution is -2.41. The van der Waals surface area contributed by atoms with Crippen molar-refractivity contribution in [1.82, 2.24) is 14.5 Å². The van der Waals surface area contributed by atoms with Crippen LogP contribution in [0.1, 0.15) is 38.6 Å². The van der Waals surface area contributed by atoms with Gasteiger partial charge in [-0.25, -0.2) is 4.98 Å². The molecule has 0 aromatic carbocycles. The molecule has 20 heavy (non-hydrogen) atoms. The number of carbonyl (C=O) groups is 1. The Bertz CT molecular complexity index is 473. The highest BCUT2D eigenvalue weighted by Gasteiger charge is 2.38. The number of aromatic nitrogens is 2. The molecule has 0 bridgehead atoms. The minimum atomic E-state index is -4.44. The van der Waals surface area contributed by atoms with Crippen molar-refractivity contribution in [3.05, 3.63) is 18.2 Å². The zero-order chi connectivity index (χ0) is 14.9. The standard InChI is InChI=1S/C13H18F3N3O/c1-9(2)11(20)18-6-3-10(4-7-18)19-8-5-17-12(19)13(14,15)16/h5,8-10H,3-4,6-7H2,1-2H3. The number of alkyl halides is 3. The van der Waals surface area contributed by atoms with Crippen molar-refractivity contribution in [3.63, 3.8) is 0 Å². The number of carbonyl (C=O) groups excluding carboxylic acids is 1.